The lowest BCUT2D eigenvalue weighted by atomic mass is 10.2. The van der Waals surface area contributed by atoms with Gasteiger partial charge < -0.3 is 4.74 Å². The predicted octanol–water partition coefficient (Wildman–Crippen LogP) is 4.47. The molecule has 0 N–H and O–H groups in total. The van der Waals surface area contributed by atoms with E-state index in [0.717, 1.165) is 18.4 Å². The SMILES string of the molecule is CC(C)OCc1ccsc1/C=C/CCBr. The van der Waals surface area contributed by atoms with Gasteiger partial charge in [0.25, 0.3) is 0 Å². The first-order chi connectivity index (χ1) is 7.24. The summed E-state index contributed by atoms with van der Waals surface area (Å²) in [7, 11) is 0. The van der Waals surface area contributed by atoms with E-state index in [4.69, 9.17) is 4.74 Å². The highest BCUT2D eigenvalue weighted by Gasteiger charge is 2.02. The maximum Gasteiger partial charge on any atom is 0.0734 e. The van der Waals surface area contributed by atoms with E-state index in [9.17, 15) is 0 Å². The fourth-order valence-corrected chi connectivity index (χ4v) is 2.22. The Morgan fingerprint density at radius 3 is 3.00 bits per heavy atom. The van der Waals surface area contributed by atoms with Gasteiger partial charge in [-0.2, -0.15) is 0 Å². The zero-order chi connectivity index (χ0) is 11.1. The second-order valence-corrected chi connectivity index (χ2v) is 5.29. The Morgan fingerprint density at radius 2 is 2.33 bits per heavy atom. The molecule has 1 aromatic rings. The molecule has 0 spiro atoms. The predicted molar refractivity (Wildman–Crippen MR) is 71.7 cm³/mol. The van der Waals surface area contributed by atoms with Gasteiger partial charge in [-0.25, -0.2) is 0 Å². The Bertz CT molecular complexity index is 304. The molecule has 1 rings (SSSR count). The fourth-order valence-electron chi connectivity index (χ4n) is 1.12. The minimum Gasteiger partial charge on any atom is -0.374 e. The van der Waals surface area contributed by atoms with Crippen LogP contribution in [0.25, 0.3) is 6.08 Å². The fraction of sp³-hybridized carbons (Fsp3) is 0.500. The maximum atomic E-state index is 5.60. The summed E-state index contributed by atoms with van der Waals surface area (Å²) in [5.41, 5.74) is 1.29. The van der Waals surface area contributed by atoms with Crippen molar-refractivity contribution in [2.45, 2.75) is 33.0 Å². The van der Waals surface area contributed by atoms with Crippen molar-refractivity contribution in [1.29, 1.82) is 0 Å². The molecule has 0 fully saturated rings. The van der Waals surface area contributed by atoms with Gasteiger partial charge in [0.2, 0.25) is 0 Å². The Labute approximate surface area is 104 Å². The standard InChI is InChI=1S/C12H17BrOS/c1-10(2)14-9-11-6-8-15-12(11)5-3-4-7-13/h3,5-6,8,10H,4,7,9H2,1-2H3/b5-3+. The van der Waals surface area contributed by atoms with E-state index in [1.165, 1.54) is 10.4 Å². The average Bonchev–Trinajstić information content (AvgIpc) is 2.63. The van der Waals surface area contributed by atoms with E-state index in [0.29, 0.717) is 6.10 Å². The lowest BCUT2D eigenvalue weighted by Gasteiger charge is -2.06. The van der Waals surface area contributed by atoms with Gasteiger partial charge in [-0.05, 0) is 43.4 Å². The van der Waals surface area contributed by atoms with Crippen molar-refractivity contribution in [1.82, 2.24) is 0 Å². The first-order valence-corrected chi connectivity index (χ1v) is 7.14. The van der Waals surface area contributed by atoms with Crippen LogP contribution in [-0.2, 0) is 11.3 Å². The molecule has 1 nitrogen and oxygen atoms in total. The van der Waals surface area contributed by atoms with Crippen molar-refractivity contribution in [3.8, 4) is 0 Å². The normalized spacial score (nSPS) is 11.7. The molecule has 0 aliphatic rings. The van der Waals surface area contributed by atoms with Crippen LogP contribution in [-0.4, -0.2) is 11.4 Å². The van der Waals surface area contributed by atoms with Crippen molar-refractivity contribution < 1.29 is 4.74 Å². The van der Waals surface area contributed by atoms with Gasteiger partial charge >= 0.3 is 0 Å². The molecule has 0 radical (unpaired) electrons. The van der Waals surface area contributed by atoms with Crippen LogP contribution in [0, 0.1) is 0 Å². The summed E-state index contributed by atoms with van der Waals surface area (Å²) >= 11 is 5.18. The number of thiophene rings is 1. The molecule has 15 heavy (non-hydrogen) atoms. The van der Waals surface area contributed by atoms with Gasteiger partial charge in [-0.3, -0.25) is 0 Å². The second kappa shape index (κ2) is 7.20. The molecule has 84 valence electrons. The highest BCUT2D eigenvalue weighted by molar-refractivity contribution is 9.09. The second-order valence-electron chi connectivity index (χ2n) is 3.55. The van der Waals surface area contributed by atoms with E-state index < -0.39 is 0 Å². The van der Waals surface area contributed by atoms with Gasteiger partial charge in [0.15, 0.2) is 0 Å². The van der Waals surface area contributed by atoms with Gasteiger partial charge in [-0.15, -0.1) is 11.3 Å². The Kier molecular flexibility index (Phi) is 6.22. The monoisotopic (exact) mass is 288 g/mol. The molecule has 3 heteroatoms. The molecule has 0 saturated carbocycles. The van der Waals surface area contributed by atoms with Crippen LogP contribution < -0.4 is 0 Å². The van der Waals surface area contributed by atoms with E-state index in [1.54, 1.807) is 11.3 Å². The number of alkyl halides is 1. The quantitative estimate of drug-likeness (QED) is 0.702. The van der Waals surface area contributed by atoms with Gasteiger partial charge in [-0.1, -0.05) is 22.0 Å². The van der Waals surface area contributed by atoms with Crippen LogP contribution in [0.1, 0.15) is 30.7 Å². The zero-order valence-corrected chi connectivity index (χ0v) is 11.6. The summed E-state index contributed by atoms with van der Waals surface area (Å²) < 4.78 is 5.60. The third kappa shape index (κ3) is 4.96. The van der Waals surface area contributed by atoms with Crippen LogP contribution in [0.3, 0.4) is 0 Å². The Hall–Kier alpha value is -0.120. The summed E-state index contributed by atoms with van der Waals surface area (Å²) in [4.78, 5) is 1.32. The molecule has 0 aliphatic carbocycles. The van der Waals surface area contributed by atoms with E-state index in [-0.39, 0.29) is 0 Å². The van der Waals surface area contributed by atoms with Crippen molar-refractivity contribution >= 4 is 33.3 Å². The van der Waals surface area contributed by atoms with Crippen molar-refractivity contribution in [2.24, 2.45) is 0 Å². The van der Waals surface area contributed by atoms with Crippen LogP contribution in [0.15, 0.2) is 17.5 Å². The molecule has 1 aromatic heterocycles. The molecule has 0 atom stereocenters. The van der Waals surface area contributed by atoms with E-state index >= 15 is 0 Å². The number of hydrogen-bond acceptors (Lipinski definition) is 2. The largest absolute Gasteiger partial charge is 0.374 e. The number of allylic oxidation sites excluding steroid dienone is 1. The molecule has 0 saturated heterocycles. The summed E-state index contributed by atoms with van der Waals surface area (Å²) in [5, 5.41) is 3.14. The third-order valence-corrected chi connectivity index (χ3v) is 3.28. The molecule has 1 heterocycles. The molecule has 0 aliphatic heterocycles. The van der Waals surface area contributed by atoms with E-state index in [2.05, 4.69) is 53.4 Å². The average molecular weight is 289 g/mol. The van der Waals surface area contributed by atoms with Crippen LogP contribution >= 0.6 is 27.3 Å². The number of rotatable bonds is 6. The molecular weight excluding hydrogens is 272 g/mol. The highest BCUT2D eigenvalue weighted by Crippen LogP contribution is 2.20. The molecular formula is C12H17BrOS. The molecule has 0 unspecified atom stereocenters. The highest BCUT2D eigenvalue weighted by atomic mass is 79.9. The number of ether oxygens (including phenoxy) is 1. The third-order valence-electron chi connectivity index (χ3n) is 1.90. The first kappa shape index (κ1) is 12.9. The molecule has 0 aromatic carbocycles. The Balaban J connectivity index is 2.53. The number of hydrogen-bond donors (Lipinski definition) is 0. The number of halogens is 1. The first-order valence-electron chi connectivity index (χ1n) is 5.14. The Morgan fingerprint density at radius 1 is 1.53 bits per heavy atom. The molecule has 0 amide bonds. The van der Waals surface area contributed by atoms with E-state index in [1.807, 2.05) is 0 Å². The van der Waals surface area contributed by atoms with Crippen molar-refractivity contribution in [3.05, 3.63) is 28.0 Å². The summed E-state index contributed by atoms with van der Waals surface area (Å²) in [6, 6.07) is 2.14. The summed E-state index contributed by atoms with van der Waals surface area (Å²) in [6.45, 7) is 4.84. The smallest absolute Gasteiger partial charge is 0.0734 e. The lowest BCUT2D eigenvalue weighted by Crippen LogP contribution is -2.02. The van der Waals surface area contributed by atoms with Gasteiger partial charge in [0.05, 0.1) is 12.7 Å². The van der Waals surface area contributed by atoms with Crippen LogP contribution in [0.2, 0.25) is 0 Å². The minimum atomic E-state index is 0.296. The van der Waals surface area contributed by atoms with Crippen LogP contribution in [0.5, 0.6) is 0 Å². The summed E-state index contributed by atoms with van der Waals surface area (Å²) in [6.07, 6.45) is 5.75. The van der Waals surface area contributed by atoms with Crippen LogP contribution in [0.4, 0.5) is 0 Å². The van der Waals surface area contributed by atoms with Gasteiger partial charge in [0.1, 0.15) is 0 Å². The maximum absolute atomic E-state index is 5.60. The van der Waals surface area contributed by atoms with Crippen molar-refractivity contribution in [2.75, 3.05) is 5.33 Å². The zero-order valence-electron chi connectivity index (χ0n) is 9.20. The summed E-state index contributed by atoms with van der Waals surface area (Å²) in [5.74, 6) is 0. The minimum absolute atomic E-state index is 0.296. The molecule has 0 bridgehead atoms. The van der Waals surface area contributed by atoms with Gasteiger partial charge in [0, 0.05) is 10.2 Å². The topological polar surface area (TPSA) is 9.23 Å². The lowest BCUT2D eigenvalue weighted by molar-refractivity contribution is 0.0658. The van der Waals surface area contributed by atoms with Crippen molar-refractivity contribution in [3.63, 3.8) is 0 Å².